The van der Waals surface area contributed by atoms with Gasteiger partial charge in [-0.1, -0.05) is 26.8 Å². The summed E-state index contributed by atoms with van der Waals surface area (Å²) < 4.78 is 0. The average Bonchev–Trinajstić information content (AvgIpc) is 2.84. The molecule has 1 aromatic heterocycles. The van der Waals surface area contributed by atoms with E-state index in [1.54, 1.807) is 0 Å². The largest absolute Gasteiger partial charge is 0.300 e. The number of fused-ring (bicyclic) bond motifs is 1. The van der Waals surface area contributed by atoms with Crippen LogP contribution in [-0.2, 0) is 18.3 Å². The zero-order valence-electron chi connectivity index (χ0n) is 13.3. The van der Waals surface area contributed by atoms with Gasteiger partial charge in [0.1, 0.15) is 0 Å². The highest BCUT2D eigenvalue weighted by Crippen LogP contribution is 2.28. The number of hydrogen-bond donors (Lipinski definition) is 0. The second kappa shape index (κ2) is 5.48. The van der Waals surface area contributed by atoms with Gasteiger partial charge in [0.15, 0.2) is 0 Å². The van der Waals surface area contributed by atoms with E-state index in [4.69, 9.17) is 4.98 Å². The van der Waals surface area contributed by atoms with Crippen LogP contribution in [0.25, 0.3) is 0 Å². The summed E-state index contributed by atoms with van der Waals surface area (Å²) in [7, 11) is 0. The van der Waals surface area contributed by atoms with Crippen molar-refractivity contribution in [2.24, 2.45) is 0 Å². The lowest BCUT2D eigenvalue weighted by molar-refractivity contribution is 0.222. The van der Waals surface area contributed by atoms with E-state index < -0.39 is 0 Å². The van der Waals surface area contributed by atoms with Gasteiger partial charge < -0.3 is 4.90 Å². The Balaban J connectivity index is 1.76. The van der Waals surface area contributed by atoms with Crippen LogP contribution in [0.5, 0.6) is 0 Å². The van der Waals surface area contributed by atoms with Crippen molar-refractivity contribution in [2.45, 2.75) is 70.8 Å². The van der Waals surface area contributed by atoms with Gasteiger partial charge in [-0.05, 0) is 68.2 Å². The number of likely N-dealkylation sites (tertiary alicyclic amines) is 1. The van der Waals surface area contributed by atoms with Crippen LogP contribution in [0.2, 0.25) is 0 Å². The van der Waals surface area contributed by atoms with Crippen molar-refractivity contribution in [1.82, 2.24) is 9.88 Å². The smallest absolute Gasteiger partial charge is 0.0436 e. The van der Waals surface area contributed by atoms with E-state index in [1.165, 1.54) is 68.4 Å². The Hall–Kier alpha value is -0.890. The van der Waals surface area contributed by atoms with Crippen LogP contribution in [0, 0.1) is 0 Å². The van der Waals surface area contributed by atoms with Crippen LogP contribution >= 0.6 is 0 Å². The van der Waals surface area contributed by atoms with Crippen molar-refractivity contribution in [3.05, 3.63) is 29.1 Å². The second-order valence-corrected chi connectivity index (χ2v) is 7.55. The molecule has 1 unspecified atom stereocenters. The molecule has 1 aromatic rings. The van der Waals surface area contributed by atoms with Gasteiger partial charge in [-0.25, -0.2) is 0 Å². The highest BCUT2D eigenvalue weighted by atomic mass is 15.2. The third kappa shape index (κ3) is 2.90. The molecule has 1 aliphatic heterocycles. The van der Waals surface area contributed by atoms with Gasteiger partial charge in [0.05, 0.1) is 0 Å². The van der Waals surface area contributed by atoms with E-state index in [0.717, 1.165) is 6.04 Å². The van der Waals surface area contributed by atoms with Crippen molar-refractivity contribution < 1.29 is 0 Å². The molecule has 1 atom stereocenters. The first-order chi connectivity index (χ1) is 9.54. The minimum Gasteiger partial charge on any atom is -0.300 e. The van der Waals surface area contributed by atoms with Gasteiger partial charge in [0.2, 0.25) is 0 Å². The molecule has 1 aliphatic carbocycles. The second-order valence-electron chi connectivity index (χ2n) is 7.55. The van der Waals surface area contributed by atoms with Crippen LogP contribution in [-0.4, -0.2) is 29.0 Å². The fourth-order valence-corrected chi connectivity index (χ4v) is 3.63. The molecular weight excluding hydrogens is 244 g/mol. The molecule has 1 saturated heterocycles. The van der Waals surface area contributed by atoms with Gasteiger partial charge >= 0.3 is 0 Å². The summed E-state index contributed by atoms with van der Waals surface area (Å²) in [5.41, 5.74) is 4.47. The van der Waals surface area contributed by atoms with E-state index in [9.17, 15) is 0 Å². The number of aromatic nitrogens is 1. The molecule has 0 radical (unpaired) electrons. The molecule has 0 saturated carbocycles. The first-order valence-corrected chi connectivity index (χ1v) is 8.26. The summed E-state index contributed by atoms with van der Waals surface area (Å²) in [6.45, 7) is 9.48. The van der Waals surface area contributed by atoms with Crippen LogP contribution in [0.3, 0.4) is 0 Å². The molecule has 20 heavy (non-hydrogen) atoms. The van der Waals surface area contributed by atoms with E-state index in [-0.39, 0.29) is 5.41 Å². The Morgan fingerprint density at radius 1 is 1.10 bits per heavy atom. The van der Waals surface area contributed by atoms with Gasteiger partial charge in [-0.3, -0.25) is 4.98 Å². The molecule has 2 heteroatoms. The Bertz CT molecular complexity index is 467. The summed E-state index contributed by atoms with van der Waals surface area (Å²) >= 11 is 0. The number of rotatable bonds is 1. The van der Waals surface area contributed by atoms with E-state index >= 15 is 0 Å². The molecule has 1 fully saturated rings. The predicted molar refractivity (Wildman–Crippen MR) is 84.2 cm³/mol. The zero-order valence-corrected chi connectivity index (χ0v) is 13.3. The first kappa shape index (κ1) is 14.1. The molecule has 2 aliphatic rings. The van der Waals surface area contributed by atoms with Gasteiger partial charge in [0, 0.05) is 17.9 Å². The lowest BCUT2D eigenvalue weighted by Gasteiger charge is -2.25. The van der Waals surface area contributed by atoms with Crippen LogP contribution in [0.15, 0.2) is 12.3 Å². The topological polar surface area (TPSA) is 16.1 Å². The summed E-state index contributed by atoms with van der Waals surface area (Å²) in [5.74, 6) is 0. The monoisotopic (exact) mass is 272 g/mol. The molecule has 0 spiro atoms. The summed E-state index contributed by atoms with van der Waals surface area (Å²) in [4.78, 5) is 7.51. The minimum atomic E-state index is 0.211. The molecule has 0 aromatic carbocycles. The average molecular weight is 272 g/mol. The first-order valence-electron chi connectivity index (χ1n) is 8.26. The number of hydrogen-bond acceptors (Lipinski definition) is 2. The molecule has 0 amide bonds. The van der Waals surface area contributed by atoms with E-state index in [2.05, 4.69) is 37.9 Å². The van der Waals surface area contributed by atoms with Crippen molar-refractivity contribution in [3.63, 3.8) is 0 Å². The maximum atomic E-state index is 4.79. The van der Waals surface area contributed by atoms with Crippen molar-refractivity contribution in [3.8, 4) is 0 Å². The fraction of sp³-hybridized carbons (Fsp3) is 0.722. The molecule has 0 N–H and O–H groups in total. The molecule has 0 bridgehead atoms. The normalized spacial score (nSPS) is 24.4. The SMILES string of the molecule is CC(C)(C)c1cnc2c(c1)CCC(N1CCCC1)CC2. The van der Waals surface area contributed by atoms with Gasteiger partial charge in [0.25, 0.3) is 0 Å². The highest BCUT2D eigenvalue weighted by molar-refractivity contribution is 5.30. The van der Waals surface area contributed by atoms with E-state index in [0.29, 0.717) is 0 Å². The maximum absolute atomic E-state index is 4.79. The number of aryl methyl sites for hydroxylation is 2. The van der Waals surface area contributed by atoms with Crippen LogP contribution in [0.4, 0.5) is 0 Å². The molecule has 3 rings (SSSR count). The standard InChI is InChI=1S/C18H28N2/c1-18(2,3)15-12-14-6-7-16(20-10-4-5-11-20)8-9-17(14)19-13-15/h12-13,16H,4-11H2,1-3H3. The summed E-state index contributed by atoms with van der Waals surface area (Å²) in [5, 5.41) is 0. The summed E-state index contributed by atoms with van der Waals surface area (Å²) in [6.07, 6.45) is 9.91. The summed E-state index contributed by atoms with van der Waals surface area (Å²) in [6, 6.07) is 3.22. The van der Waals surface area contributed by atoms with Crippen LogP contribution < -0.4 is 0 Å². The van der Waals surface area contributed by atoms with Gasteiger partial charge in [-0.15, -0.1) is 0 Å². The Morgan fingerprint density at radius 2 is 1.80 bits per heavy atom. The number of pyridine rings is 1. The highest BCUT2D eigenvalue weighted by Gasteiger charge is 2.25. The lowest BCUT2D eigenvalue weighted by Crippen LogP contribution is -2.32. The molecule has 2 nitrogen and oxygen atoms in total. The van der Waals surface area contributed by atoms with Crippen molar-refractivity contribution in [1.29, 1.82) is 0 Å². The quantitative estimate of drug-likeness (QED) is 0.724. The molecular formula is C18H28N2. The maximum Gasteiger partial charge on any atom is 0.0436 e. The van der Waals surface area contributed by atoms with E-state index in [1.807, 2.05) is 0 Å². The molecule has 110 valence electrons. The fourth-order valence-electron chi connectivity index (χ4n) is 3.63. The minimum absolute atomic E-state index is 0.211. The third-order valence-corrected chi connectivity index (χ3v) is 5.04. The third-order valence-electron chi connectivity index (χ3n) is 5.04. The lowest BCUT2D eigenvalue weighted by atomic mass is 9.87. The van der Waals surface area contributed by atoms with Crippen molar-refractivity contribution >= 4 is 0 Å². The van der Waals surface area contributed by atoms with Crippen molar-refractivity contribution in [2.75, 3.05) is 13.1 Å². The molecule has 2 heterocycles. The predicted octanol–water partition coefficient (Wildman–Crippen LogP) is 3.72. The zero-order chi connectivity index (χ0) is 14.2. The Kier molecular flexibility index (Phi) is 3.85. The van der Waals surface area contributed by atoms with Crippen LogP contribution in [0.1, 0.15) is 63.3 Å². The number of nitrogens with zero attached hydrogens (tertiary/aromatic N) is 2. The van der Waals surface area contributed by atoms with Gasteiger partial charge in [-0.2, -0.15) is 0 Å². The Labute approximate surface area is 123 Å². The Morgan fingerprint density at radius 3 is 2.50 bits per heavy atom.